The van der Waals surface area contributed by atoms with Crippen LogP contribution in [0.5, 0.6) is 0 Å². The maximum atomic E-state index is 12.9. The minimum atomic E-state index is -4.42. The summed E-state index contributed by atoms with van der Waals surface area (Å²) >= 11 is 0. The van der Waals surface area contributed by atoms with E-state index in [1.165, 1.54) is 0 Å². The van der Waals surface area contributed by atoms with Crippen molar-refractivity contribution in [3.8, 4) is 0 Å². The Kier molecular flexibility index (Phi) is 5.65. The van der Waals surface area contributed by atoms with Crippen LogP contribution in [-0.4, -0.2) is 50.6 Å². The molecular formula is C21H23F3N6O. The Morgan fingerprint density at radius 1 is 1.26 bits per heavy atom. The standard InChI is InChI=1S/C21H23F3N6O/c1-13(21(22,23)24)4-7-17-16-6-5-14(2)26-19(16)28-20(27-17)30-8-9-31-18(12-30)15-10-25-29(3)11-15/h5-6,10-11,18H,1,4,7-9,12H2,2-3H3/t18-/m1/s1. The van der Waals surface area contributed by atoms with Crippen molar-refractivity contribution < 1.29 is 17.9 Å². The summed E-state index contributed by atoms with van der Waals surface area (Å²) in [5.41, 5.74) is 1.95. The molecule has 1 aliphatic heterocycles. The molecule has 0 aromatic carbocycles. The lowest BCUT2D eigenvalue weighted by molar-refractivity contribution is -0.0935. The maximum Gasteiger partial charge on any atom is 0.412 e. The van der Waals surface area contributed by atoms with Gasteiger partial charge in [0, 0.05) is 42.0 Å². The van der Waals surface area contributed by atoms with Crippen molar-refractivity contribution in [3.05, 3.63) is 53.6 Å². The highest BCUT2D eigenvalue weighted by molar-refractivity contribution is 5.78. The Balaban J connectivity index is 1.64. The first-order chi connectivity index (χ1) is 14.7. The summed E-state index contributed by atoms with van der Waals surface area (Å²) in [6, 6.07) is 3.62. The average molecular weight is 432 g/mol. The van der Waals surface area contributed by atoms with Crippen LogP contribution < -0.4 is 4.90 Å². The normalized spacial score (nSPS) is 17.3. The number of ether oxygens (including phenoxy) is 1. The lowest BCUT2D eigenvalue weighted by Gasteiger charge is -2.32. The molecule has 3 aromatic rings. The Bertz CT molecular complexity index is 1110. The van der Waals surface area contributed by atoms with Crippen LogP contribution in [0.1, 0.15) is 29.5 Å². The van der Waals surface area contributed by atoms with Crippen molar-refractivity contribution in [2.75, 3.05) is 24.6 Å². The number of morpholine rings is 1. The highest BCUT2D eigenvalue weighted by Crippen LogP contribution is 2.30. The number of alkyl halides is 3. The summed E-state index contributed by atoms with van der Waals surface area (Å²) < 4.78 is 46.4. The number of aromatic nitrogens is 5. The Morgan fingerprint density at radius 2 is 2.06 bits per heavy atom. The lowest BCUT2D eigenvalue weighted by Crippen LogP contribution is -2.39. The van der Waals surface area contributed by atoms with Gasteiger partial charge in [-0.25, -0.2) is 9.97 Å². The number of anilines is 1. The molecule has 3 aromatic heterocycles. The quantitative estimate of drug-likeness (QED) is 0.573. The first kappa shape index (κ1) is 21.2. The van der Waals surface area contributed by atoms with Crippen molar-refractivity contribution in [2.45, 2.75) is 32.0 Å². The first-order valence-corrected chi connectivity index (χ1v) is 9.95. The van der Waals surface area contributed by atoms with Gasteiger partial charge in [-0.2, -0.15) is 23.3 Å². The molecule has 4 rings (SSSR count). The van der Waals surface area contributed by atoms with Gasteiger partial charge in [-0.1, -0.05) is 6.58 Å². The van der Waals surface area contributed by atoms with Gasteiger partial charge in [0.15, 0.2) is 5.65 Å². The van der Waals surface area contributed by atoms with Gasteiger partial charge in [0.2, 0.25) is 5.95 Å². The molecule has 0 unspecified atom stereocenters. The zero-order chi connectivity index (χ0) is 22.2. The molecule has 0 amide bonds. The molecule has 1 saturated heterocycles. The lowest BCUT2D eigenvalue weighted by atomic mass is 10.1. The molecule has 0 spiro atoms. The van der Waals surface area contributed by atoms with Crippen LogP contribution in [0.15, 0.2) is 36.7 Å². The van der Waals surface area contributed by atoms with Gasteiger partial charge in [-0.05, 0) is 31.9 Å². The van der Waals surface area contributed by atoms with Gasteiger partial charge < -0.3 is 9.64 Å². The van der Waals surface area contributed by atoms with Crippen molar-refractivity contribution in [1.82, 2.24) is 24.7 Å². The topological polar surface area (TPSA) is 69.0 Å². The smallest absolute Gasteiger partial charge is 0.370 e. The van der Waals surface area contributed by atoms with E-state index < -0.39 is 11.7 Å². The second-order valence-corrected chi connectivity index (χ2v) is 7.65. The molecule has 1 atom stereocenters. The summed E-state index contributed by atoms with van der Waals surface area (Å²) in [7, 11) is 1.84. The predicted octanol–water partition coefficient (Wildman–Crippen LogP) is 3.70. The highest BCUT2D eigenvalue weighted by Gasteiger charge is 2.31. The number of fused-ring (bicyclic) bond motifs is 1. The number of rotatable bonds is 5. The van der Waals surface area contributed by atoms with E-state index in [1.807, 2.05) is 31.1 Å². The van der Waals surface area contributed by atoms with E-state index in [2.05, 4.69) is 26.6 Å². The number of nitrogens with zero attached hydrogens (tertiary/aromatic N) is 6. The maximum absolute atomic E-state index is 12.9. The summed E-state index contributed by atoms with van der Waals surface area (Å²) in [4.78, 5) is 15.7. The van der Waals surface area contributed by atoms with Crippen molar-refractivity contribution >= 4 is 17.0 Å². The van der Waals surface area contributed by atoms with Gasteiger partial charge in [0.05, 0.1) is 25.0 Å². The fourth-order valence-electron chi connectivity index (χ4n) is 3.54. The molecule has 1 fully saturated rings. The Hall–Kier alpha value is -3.01. The van der Waals surface area contributed by atoms with Crippen LogP contribution in [0.3, 0.4) is 0 Å². The fourth-order valence-corrected chi connectivity index (χ4v) is 3.54. The van der Waals surface area contributed by atoms with Crippen molar-refractivity contribution in [1.29, 1.82) is 0 Å². The molecule has 0 radical (unpaired) electrons. The third-order valence-electron chi connectivity index (χ3n) is 5.28. The molecule has 0 saturated carbocycles. The van der Waals surface area contributed by atoms with Crippen molar-refractivity contribution in [3.63, 3.8) is 0 Å². The number of aryl methyl sites for hydroxylation is 3. The van der Waals surface area contributed by atoms with Crippen LogP contribution >= 0.6 is 0 Å². The number of allylic oxidation sites excluding steroid dienone is 1. The molecule has 0 aliphatic carbocycles. The molecule has 0 bridgehead atoms. The van der Waals surface area contributed by atoms with E-state index in [1.54, 1.807) is 16.9 Å². The van der Waals surface area contributed by atoms with Gasteiger partial charge >= 0.3 is 6.18 Å². The average Bonchev–Trinajstić information content (AvgIpc) is 3.17. The summed E-state index contributed by atoms with van der Waals surface area (Å²) in [5.74, 6) is 0.440. The molecule has 7 nitrogen and oxygen atoms in total. The molecule has 164 valence electrons. The van der Waals surface area contributed by atoms with E-state index >= 15 is 0 Å². The van der Waals surface area contributed by atoms with Gasteiger partial charge in [-0.3, -0.25) is 4.68 Å². The zero-order valence-corrected chi connectivity index (χ0v) is 17.4. The van der Waals surface area contributed by atoms with Crippen LogP contribution in [0.4, 0.5) is 19.1 Å². The third-order valence-corrected chi connectivity index (χ3v) is 5.28. The van der Waals surface area contributed by atoms with Crippen LogP contribution in [0.2, 0.25) is 0 Å². The van der Waals surface area contributed by atoms with E-state index in [4.69, 9.17) is 4.74 Å². The molecule has 1 aliphatic rings. The second kappa shape index (κ2) is 8.26. The van der Waals surface area contributed by atoms with Crippen LogP contribution in [-0.2, 0) is 18.2 Å². The zero-order valence-electron chi connectivity index (χ0n) is 17.4. The number of pyridine rings is 1. The van der Waals surface area contributed by atoms with Gasteiger partial charge in [0.1, 0.15) is 6.10 Å². The number of hydrogen-bond donors (Lipinski definition) is 0. The van der Waals surface area contributed by atoms with E-state index in [0.29, 0.717) is 42.4 Å². The molecule has 4 heterocycles. The highest BCUT2D eigenvalue weighted by atomic mass is 19.4. The molecule has 31 heavy (non-hydrogen) atoms. The first-order valence-electron chi connectivity index (χ1n) is 9.95. The Labute approximate surface area is 177 Å². The number of halogens is 3. The summed E-state index contributed by atoms with van der Waals surface area (Å²) in [6.45, 7) is 6.58. The van der Waals surface area contributed by atoms with Crippen LogP contribution in [0.25, 0.3) is 11.0 Å². The Morgan fingerprint density at radius 3 is 2.77 bits per heavy atom. The largest absolute Gasteiger partial charge is 0.412 e. The second-order valence-electron chi connectivity index (χ2n) is 7.65. The minimum Gasteiger partial charge on any atom is -0.370 e. The van der Waals surface area contributed by atoms with E-state index in [9.17, 15) is 13.2 Å². The van der Waals surface area contributed by atoms with Gasteiger partial charge in [0.25, 0.3) is 0 Å². The van der Waals surface area contributed by atoms with Crippen molar-refractivity contribution in [2.24, 2.45) is 7.05 Å². The minimum absolute atomic E-state index is 0.103. The van der Waals surface area contributed by atoms with E-state index in [0.717, 1.165) is 11.3 Å². The van der Waals surface area contributed by atoms with Gasteiger partial charge in [-0.15, -0.1) is 0 Å². The van der Waals surface area contributed by atoms with Crippen LogP contribution in [0, 0.1) is 6.92 Å². The molecule has 0 N–H and O–H groups in total. The SMILES string of the molecule is C=C(CCc1nc(N2CCO[C@@H](c3cnn(C)c3)C2)nc2nc(C)ccc12)C(F)(F)F. The number of hydrogen-bond acceptors (Lipinski definition) is 6. The summed E-state index contributed by atoms with van der Waals surface area (Å²) in [5, 5.41) is 4.85. The van der Waals surface area contributed by atoms with E-state index in [-0.39, 0.29) is 18.9 Å². The summed E-state index contributed by atoms with van der Waals surface area (Å²) in [6.07, 6.45) is -1.08. The third kappa shape index (κ3) is 4.68. The predicted molar refractivity (Wildman–Crippen MR) is 110 cm³/mol. The monoisotopic (exact) mass is 432 g/mol. The molecule has 10 heteroatoms. The fraction of sp³-hybridized carbons (Fsp3) is 0.429. The molecular weight excluding hydrogens is 409 g/mol.